The molecule has 17 nitrogen and oxygen atoms in total. The number of amides is 1. The Balaban J connectivity index is 1.20. The highest BCUT2D eigenvalue weighted by Crippen LogP contribution is 2.48. The molecule has 7 bridgehead atoms. The van der Waals surface area contributed by atoms with Crippen LogP contribution in [0.25, 0.3) is 0 Å². The Kier molecular flexibility index (Phi) is 14.1. The third-order valence-corrected chi connectivity index (χ3v) is 14.0. The minimum Gasteiger partial charge on any atom is -0.872 e. The molecule has 0 radical (unpaired) electrons. The van der Waals surface area contributed by atoms with Crippen LogP contribution in [-0.4, -0.2) is 108 Å². The maximum absolute atomic E-state index is 14.9. The molecule has 2 fully saturated rings. The van der Waals surface area contributed by atoms with Crippen molar-refractivity contribution in [3.63, 3.8) is 0 Å². The number of hydrogen-bond acceptors (Lipinski definition) is 14. The zero-order valence-corrected chi connectivity index (χ0v) is 41.3. The van der Waals surface area contributed by atoms with E-state index in [-0.39, 0.29) is 72.0 Å². The molecule has 2 aromatic carbocycles. The van der Waals surface area contributed by atoms with Crippen LogP contribution in [0, 0.1) is 30.6 Å². The predicted molar refractivity (Wildman–Crippen MR) is 250 cm³/mol. The molecule has 0 spiro atoms. The lowest BCUT2D eigenvalue weighted by atomic mass is 9.77. The van der Waals surface area contributed by atoms with Crippen molar-refractivity contribution in [2.45, 2.75) is 105 Å². The van der Waals surface area contributed by atoms with Crippen molar-refractivity contribution in [3.05, 3.63) is 124 Å². The zero-order valence-electron chi connectivity index (χ0n) is 41.3. The second-order valence-corrected chi connectivity index (χ2v) is 19.4. The average Bonchev–Trinajstić information content (AvgIpc) is 3.91. The summed E-state index contributed by atoms with van der Waals surface area (Å²) in [5, 5.41) is 16.8. The second kappa shape index (κ2) is 19.8. The number of benzene rings is 2. The summed E-state index contributed by atoms with van der Waals surface area (Å²) in [6.07, 6.45) is 9.92. The van der Waals surface area contributed by atoms with E-state index in [0.717, 1.165) is 5.56 Å². The van der Waals surface area contributed by atoms with E-state index in [2.05, 4.69) is 5.32 Å². The molecule has 70 heavy (non-hydrogen) atoms. The number of ketones is 3. The van der Waals surface area contributed by atoms with Crippen molar-refractivity contribution in [3.8, 4) is 11.5 Å². The van der Waals surface area contributed by atoms with Crippen molar-refractivity contribution >= 4 is 29.4 Å². The molecule has 17 heteroatoms. The fraction of sp³-hybridized carbons (Fsp3) is 0.472. The summed E-state index contributed by atoms with van der Waals surface area (Å²) in [6.45, 7) is 17.2. The van der Waals surface area contributed by atoms with E-state index in [4.69, 9.17) is 33.2 Å². The maximum atomic E-state index is 14.9. The van der Waals surface area contributed by atoms with Crippen LogP contribution >= 0.6 is 0 Å². The van der Waals surface area contributed by atoms with Crippen molar-refractivity contribution in [1.29, 1.82) is 0 Å². The first kappa shape index (κ1) is 50.0. The van der Waals surface area contributed by atoms with Gasteiger partial charge in [-0.15, -0.1) is 4.57 Å². The Hall–Kier alpha value is -6.40. The number of nitrogens with zero attached hydrogens (tertiary/aromatic N) is 3. The van der Waals surface area contributed by atoms with Gasteiger partial charge in [0, 0.05) is 67.5 Å². The third-order valence-electron chi connectivity index (χ3n) is 14.0. The molecule has 6 heterocycles. The fourth-order valence-corrected chi connectivity index (χ4v) is 10.2. The van der Waals surface area contributed by atoms with Crippen molar-refractivity contribution < 1.29 is 66.8 Å². The standard InChI is InChI=1S/C53H62N4O13/c1-29-15-14-16-30(2)50(62)54-40-41(56-22-25-65-26-23-56)44(60)37-38(43(40)59)42(58)32(4)48-39(37)49(61)53(9,70-48)66-24-19-36(64-10)31(3)46(34(6)47-33(5)45(29)68-52(7,8)69-47)67-51(63)57-21-20-55(28-57)27-35-17-12-11-13-18-35/h11-21,24,28-29,31,33-34,36,45-47H,22-23,25-27H2,1-10H3,(H-,54,58,59,60,61,62)/b15-14+,24-19+,30-16-/t29-,31+,33+,34+,36-,45-,46-,47+,53-/m0/s1. The number of aromatic nitrogens is 2. The monoisotopic (exact) mass is 962 g/mol. The molecule has 0 unspecified atom stereocenters. The van der Waals surface area contributed by atoms with E-state index in [0.29, 0.717) is 6.54 Å². The number of imidazole rings is 1. The van der Waals surface area contributed by atoms with Crippen LogP contribution in [0.15, 0.2) is 96.6 Å². The topological polar surface area (TPSA) is 197 Å². The van der Waals surface area contributed by atoms with Gasteiger partial charge in [-0.3, -0.25) is 19.2 Å². The van der Waals surface area contributed by atoms with Crippen LogP contribution in [0.3, 0.4) is 0 Å². The van der Waals surface area contributed by atoms with Gasteiger partial charge < -0.3 is 48.5 Å². The number of fused-ring (bicyclic) bond motifs is 10. The first-order chi connectivity index (χ1) is 33.2. The van der Waals surface area contributed by atoms with Gasteiger partial charge in [0.05, 0.1) is 43.4 Å². The number of nitrogens with one attached hydrogen (secondary N) is 1. The SMILES string of the molecule is CO[C@H]1/C=C/O[C@@]2(C)Oc3c(C)c([O-])c4c(c3C2=O)C(=O)C(N2CCOCC2)=C(NC(=O)/C(C)=C\C=C\[C@H](C)[C@@H]2OC(C)(C)O[C@@H]([C@H](C)[C@@H](OC(=O)n3cc[n+](Cc5ccccc5)c3)[C@@H]1C)[C@@H]2C)C4=O. The van der Waals surface area contributed by atoms with Gasteiger partial charge in [-0.2, -0.15) is 4.79 Å². The number of ether oxygens (including phenoxy) is 7. The molecule has 9 rings (SSSR count). The van der Waals surface area contributed by atoms with Gasteiger partial charge in [-0.1, -0.05) is 82.0 Å². The van der Waals surface area contributed by atoms with E-state index in [9.17, 15) is 29.1 Å². The van der Waals surface area contributed by atoms with Gasteiger partial charge in [-0.25, -0.2) is 4.57 Å². The van der Waals surface area contributed by atoms with Crippen LogP contribution in [0.1, 0.15) is 97.6 Å². The molecule has 1 aromatic heterocycles. The maximum Gasteiger partial charge on any atom is 0.511 e. The highest BCUT2D eigenvalue weighted by atomic mass is 16.7. The number of rotatable bonds is 5. The molecule has 3 aromatic rings. The first-order valence-corrected chi connectivity index (χ1v) is 23.7. The molecule has 6 aliphatic rings. The Morgan fingerprint density at radius 2 is 1.60 bits per heavy atom. The van der Waals surface area contributed by atoms with Gasteiger partial charge in [-0.05, 0) is 44.9 Å². The van der Waals surface area contributed by atoms with Crippen LogP contribution in [0.5, 0.6) is 11.5 Å². The lowest BCUT2D eigenvalue weighted by Crippen LogP contribution is -2.56. The van der Waals surface area contributed by atoms with E-state index in [1.165, 1.54) is 31.8 Å². The summed E-state index contributed by atoms with van der Waals surface area (Å²) in [7, 11) is 1.50. The highest BCUT2D eigenvalue weighted by Gasteiger charge is 2.53. The Morgan fingerprint density at radius 3 is 2.30 bits per heavy atom. The average molecular weight is 963 g/mol. The zero-order chi connectivity index (χ0) is 50.4. The van der Waals surface area contributed by atoms with Crippen LogP contribution in [-0.2, 0) is 39.8 Å². The number of carbonyl (C=O) groups excluding carboxylic acids is 5. The molecule has 9 atom stereocenters. The fourth-order valence-electron chi connectivity index (χ4n) is 10.2. The second-order valence-electron chi connectivity index (χ2n) is 19.4. The molecule has 2 saturated heterocycles. The number of morpholine rings is 1. The summed E-state index contributed by atoms with van der Waals surface area (Å²) >= 11 is 0. The smallest absolute Gasteiger partial charge is 0.511 e. The van der Waals surface area contributed by atoms with Gasteiger partial charge in [0.1, 0.15) is 42.2 Å². The van der Waals surface area contributed by atoms with Crippen LogP contribution < -0.4 is 19.7 Å². The Bertz CT molecular complexity index is 2700. The molecule has 372 valence electrons. The van der Waals surface area contributed by atoms with Crippen LogP contribution in [0.4, 0.5) is 4.79 Å². The number of Topliss-reactive ketones (excluding diaryl/α,β-unsaturated/α-hetero) is 3. The Labute approximate surface area is 407 Å². The van der Waals surface area contributed by atoms with Crippen LogP contribution in [0.2, 0.25) is 0 Å². The van der Waals surface area contributed by atoms with E-state index >= 15 is 0 Å². The predicted octanol–water partition coefficient (Wildman–Crippen LogP) is 5.72. The lowest BCUT2D eigenvalue weighted by Gasteiger charge is -2.50. The molecular weight excluding hydrogens is 901 g/mol. The summed E-state index contributed by atoms with van der Waals surface area (Å²) in [4.78, 5) is 74.0. The summed E-state index contributed by atoms with van der Waals surface area (Å²) in [5.74, 6) is -8.95. The van der Waals surface area contributed by atoms with Gasteiger partial charge in [0.25, 0.3) is 18.0 Å². The van der Waals surface area contributed by atoms with Crippen molar-refractivity contribution in [2.24, 2.45) is 23.7 Å². The molecule has 1 amide bonds. The molecule has 0 saturated carbocycles. The van der Waals surface area contributed by atoms with Gasteiger partial charge in [0.15, 0.2) is 5.79 Å². The number of hydrogen-bond donors (Lipinski definition) is 1. The van der Waals surface area contributed by atoms with Crippen molar-refractivity contribution in [2.75, 3.05) is 33.4 Å². The molecule has 1 N–H and O–H groups in total. The lowest BCUT2D eigenvalue weighted by molar-refractivity contribution is -0.687. The molecule has 1 aliphatic carbocycles. The normalized spacial score (nSPS) is 31.0. The van der Waals surface area contributed by atoms with E-state index in [1.807, 2.05) is 82.5 Å². The molecular formula is C53H62N4O13. The number of allylic oxidation sites excluding steroid dienone is 4. The third kappa shape index (κ3) is 9.46. The van der Waals surface area contributed by atoms with E-state index < -0.39 is 94.1 Å². The minimum absolute atomic E-state index is 0.0926. The van der Waals surface area contributed by atoms with Gasteiger partial charge >= 0.3 is 11.9 Å². The van der Waals surface area contributed by atoms with Gasteiger partial charge in [0.2, 0.25) is 11.6 Å². The highest BCUT2D eigenvalue weighted by molar-refractivity contribution is 6.32. The summed E-state index contributed by atoms with van der Waals surface area (Å²) in [5.41, 5.74) is -0.620. The quantitative estimate of drug-likeness (QED) is 0.305. The largest absolute Gasteiger partial charge is 0.872 e. The van der Waals surface area contributed by atoms with Crippen molar-refractivity contribution in [1.82, 2.24) is 14.8 Å². The number of carbonyl (C=O) groups is 5. The number of methoxy groups -OCH3 is 1. The summed E-state index contributed by atoms with van der Waals surface area (Å²) in [6, 6.07) is 9.85. The minimum atomic E-state index is -2.11. The molecule has 5 aliphatic heterocycles. The Morgan fingerprint density at radius 1 is 0.900 bits per heavy atom. The van der Waals surface area contributed by atoms with E-state index in [1.54, 1.807) is 48.8 Å². The summed E-state index contributed by atoms with van der Waals surface area (Å²) < 4.78 is 46.9. The first-order valence-electron chi connectivity index (χ1n) is 23.7.